The predicted molar refractivity (Wildman–Crippen MR) is 106 cm³/mol. The molecule has 0 spiro atoms. The van der Waals surface area contributed by atoms with Crippen LogP contribution in [0, 0.1) is 5.92 Å². The van der Waals surface area contributed by atoms with E-state index in [0.29, 0.717) is 20.6 Å². The number of carbonyl (C=O) groups is 1. The van der Waals surface area contributed by atoms with Gasteiger partial charge in [-0.3, -0.25) is 0 Å². The van der Waals surface area contributed by atoms with E-state index >= 15 is 0 Å². The Hall–Kier alpha value is -1.68. The summed E-state index contributed by atoms with van der Waals surface area (Å²) in [4.78, 5) is 12.3. The van der Waals surface area contributed by atoms with Crippen molar-refractivity contribution >= 4 is 46.5 Å². The normalized spacial score (nSPS) is 23.2. The molecule has 2 aromatic carbocycles. The standard InChI is InChI=1S/C20H16Cl3NO2/c1-26-20(25)12-8-9-15(22)19-16(12)10-4-2-5-11(10)18(24-19)13-6-3-7-14(21)17(13)23/h2-4,6-11,18,24H,5H2,1H3/t10-,11-,18+/m1/s1. The second kappa shape index (κ2) is 6.80. The fourth-order valence-electron chi connectivity index (χ4n) is 4.03. The van der Waals surface area contributed by atoms with Crippen LogP contribution in [0.2, 0.25) is 15.1 Å². The van der Waals surface area contributed by atoms with Crippen molar-refractivity contribution in [2.75, 3.05) is 12.4 Å². The van der Waals surface area contributed by atoms with Crippen LogP contribution < -0.4 is 5.32 Å². The maximum Gasteiger partial charge on any atom is 0.338 e. The van der Waals surface area contributed by atoms with E-state index in [-0.39, 0.29) is 23.8 Å². The number of halogens is 3. The maximum absolute atomic E-state index is 12.3. The SMILES string of the molecule is COC(=O)c1ccc(Cl)c2c1[C@@H]1C=CC[C@H]1[C@@H](c1cccc(Cl)c1Cl)N2. The van der Waals surface area contributed by atoms with E-state index < -0.39 is 0 Å². The van der Waals surface area contributed by atoms with Crippen LogP contribution in [0.25, 0.3) is 0 Å². The van der Waals surface area contributed by atoms with E-state index in [0.717, 1.165) is 23.2 Å². The zero-order chi connectivity index (χ0) is 18.4. The van der Waals surface area contributed by atoms with E-state index in [1.54, 1.807) is 18.2 Å². The molecule has 1 N–H and O–H groups in total. The van der Waals surface area contributed by atoms with Gasteiger partial charge in [0.15, 0.2) is 0 Å². The smallest absolute Gasteiger partial charge is 0.338 e. The first kappa shape index (κ1) is 17.7. The van der Waals surface area contributed by atoms with Gasteiger partial charge in [0.1, 0.15) is 0 Å². The molecule has 2 aromatic rings. The predicted octanol–water partition coefficient (Wildman–Crippen LogP) is 6.26. The van der Waals surface area contributed by atoms with Crippen molar-refractivity contribution < 1.29 is 9.53 Å². The van der Waals surface area contributed by atoms with Gasteiger partial charge < -0.3 is 10.1 Å². The molecule has 26 heavy (non-hydrogen) atoms. The molecule has 4 rings (SSSR count). The third kappa shape index (κ3) is 2.70. The van der Waals surface area contributed by atoms with Crippen molar-refractivity contribution in [3.8, 4) is 0 Å². The minimum absolute atomic E-state index is 0.0547. The van der Waals surface area contributed by atoms with Gasteiger partial charge in [-0.25, -0.2) is 4.79 Å². The van der Waals surface area contributed by atoms with Crippen LogP contribution >= 0.6 is 34.8 Å². The topological polar surface area (TPSA) is 38.3 Å². The van der Waals surface area contributed by atoms with Crippen molar-refractivity contribution in [3.05, 3.63) is 74.2 Å². The van der Waals surface area contributed by atoms with Gasteiger partial charge in [0.2, 0.25) is 0 Å². The molecule has 0 unspecified atom stereocenters. The Labute approximate surface area is 166 Å². The van der Waals surface area contributed by atoms with Gasteiger partial charge in [-0.2, -0.15) is 0 Å². The minimum atomic E-state index is -0.363. The fraction of sp³-hybridized carbons (Fsp3) is 0.250. The first-order chi connectivity index (χ1) is 12.5. The van der Waals surface area contributed by atoms with Crippen LogP contribution in [-0.2, 0) is 4.74 Å². The van der Waals surface area contributed by atoms with Crippen LogP contribution in [0.4, 0.5) is 5.69 Å². The molecule has 0 amide bonds. The third-order valence-electron chi connectivity index (χ3n) is 5.19. The lowest BCUT2D eigenvalue weighted by molar-refractivity contribution is 0.0598. The summed E-state index contributed by atoms with van der Waals surface area (Å²) in [5.74, 6) is -0.0996. The maximum atomic E-state index is 12.3. The van der Waals surface area contributed by atoms with Crippen LogP contribution in [0.3, 0.4) is 0 Å². The van der Waals surface area contributed by atoms with Crippen molar-refractivity contribution in [1.29, 1.82) is 0 Å². The molecule has 3 atom stereocenters. The van der Waals surface area contributed by atoms with Gasteiger partial charge in [-0.15, -0.1) is 0 Å². The van der Waals surface area contributed by atoms with Gasteiger partial charge in [0, 0.05) is 5.92 Å². The first-order valence-electron chi connectivity index (χ1n) is 8.30. The Morgan fingerprint density at radius 2 is 1.96 bits per heavy atom. The number of carbonyl (C=O) groups excluding carboxylic acids is 1. The molecule has 0 saturated carbocycles. The third-order valence-corrected chi connectivity index (χ3v) is 6.34. The van der Waals surface area contributed by atoms with E-state index in [2.05, 4.69) is 17.5 Å². The number of esters is 1. The Kier molecular flexibility index (Phi) is 4.64. The van der Waals surface area contributed by atoms with Crippen LogP contribution in [-0.4, -0.2) is 13.1 Å². The lowest BCUT2D eigenvalue weighted by atomic mass is 9.75. The molecular formula is C20H16Cl3NO2. The number of allylic oxidation sites excluding steroid dienone is 2. The zero-order valence-electron chi connectivity index (χ0n) is 13.9. The Morgan fingerprint density at radius 1 is 1.15 bits per heavy atom. The summed E-state index contributed by atoms with van der Waals surface area (Å²) in [6, 6.07) is 9.03. The number of benzene rings is 2. The average Bonchev–Trinajstić information content (AvgIpc) is 3.13. The molecule has 2 aliphatic rings. The minimum Gasteiger partial charge on any atom is -0.465 e. The van der Waals surface area contributed by atoms with Gasteiger partial charge in [0.25, 0.3) is 0 Å². The Morgan fingerprint density at radius 3 is 2.73 bits per heavy atom. The highest BCUT2D eigenvalue weighted by Gasteiger charge is 2.41. The highest BCUT2D eigenvalue weighted by molar-refractivity contribution is 6.42. The fourth-order valence-corrected chi connectivity index (χ4v) is 4.68. The largest absolute Gasteiger partial charge is 0.465 e. The van der Waals surface area contributed by atoms with Crippen LogP contribution in [0.1, 0.15) is 39.9 Å². The lowest BCUT2D eigenvalue weighted by Gasteiger charge is -2.39. The molecule has 0 saturated heterocycles. The molecule has 1 aliphatic carbocycles. The molecule has 0 fully saturated rings. The number of nitrogens with one attached hydrogen (secondary N) is 1. The molecule has 0 aromatic heterocycles. The Balaban J connectivity index is 1.89. The average molecular weight is 409 g/mol. The number of rotatable bonds is 2. The first-order valence-corrected chi connectivity index (χ1v) is 9.44. The molecular weight excluding hydrogens is 393 g/mol. The number of methoxy groups -OCH3 is 1. The van der Waals surface area contributed by atoms with Crippen molar-refractivity contribution in [1.82, 2.24) is 0 Å². The van der Waals surface area contributed by atoms with E-state index in [9.17, 15) is 4.79 Å². The number of fused-ring (bicyclic) bond motifs is 3. The Bertz CT molecular complexity index is 926. The molecule has 0 bridgehead atoms. The van der Waals surface area contributed by atoms with Crippen molar-refractivity contribution in [2.45, 2.75) is 18.4 Å². The molecule has 1 aliphatic heterocycles. The number of hydrogen-bond acceptors (Lipinski definition) is 3. The van der Waals surface area contributed by atoms with E-state index in [1.165, 1.54) is 7.11 Å². The lowest BCUT2D eigenvalue weighted by Crippen LogP contribution is -2.31. The highest BCUT2D eigenvalue weighted by Crippen LogP contribution is 2.53. The number of hydrogen-bond donors (Lipinski definition) is 1. The summed E-state index contributed by atoms with van der Waals surface area (Å²) in [7, 11) is 1.39. The number of anilines is 1. The summed E-state index contributed by atoms with van der Waals surface area (Å²) in [6.45, 7) is 0. The van der Waals surface area contributed by atoms with Gasteiger partial charge >= 0.3 is 5.97 Å². The van der Waals surface area contributed by atoms with Crippen LogP contribution in [0.15, 0.2) is 42.5 Å². The summed E-state index contributed by atoms with van der Waals surface area (Å²) < 4.78 is 4.96. The second-order valence-corrected chi connectivity index (χ2v) is 7.69. The zero-order valence-corrected chi connectivity index (χ0v) is 16.2. The summed E-state index contributed by atoms with van der Waals surface area (Å²) >= 11 is 19.2. The van der Waals surface area contributed by atoms with Gasteiger partial charge in [-0.05, 0) is 41.7 Å². The van der Waals surface area contributed by atoms with E-state index in [1.807, 2.05) is 12.1 Å². The molecule has 0 radical (unpaired) electrons. The second-order valence-electron chi connectivity index (χ2n) is 6.49. The molecule has 6 heteroatoms. The summed E-state index contributed by atoms with van der Waals surface area (Å²) in [5, 5.41) is 5.15. The monoisotopic (exact) mass is 407 g/mol. The van der Waals surface area contributed by atoms with Crippen LogP contribution in [0.5, 0.6) is 0 Å². The highest BCUT2D eigenvalue weighted by atomic mass is 35.5. The van der Waals surface area contributed by atoms with Crippen molar-refractivity contribution in [2.24, 2.45) is 5.92 Å². The molecule has 3 nitrogen and oxygen atoms in total. The summed E-state index contributed by atoms with van der Waals surface area (Å²) in [5.41, 5.74) is 3.11. The summed E-state index contributed by atoms with van der Waals surface area (Å²) in [6.07, 6.45) is 5.15. The quantitative estimate of drug-likeness (QED) is 0.471. The van der Waals surface area contributed by atoms with Gasteiger partial charge in [-0.1, -0.05) is 59.1 Å². The number of ether oxygens (including phenoxy) is 1. The van der Waals surface area contributed by atoms with Gasteiger partial charge in [0.05, 0.1) is 39.5 Å². The molecule has 134 valence electrons. The van der Waals surface area contributed by atoms with Crippen molar-refractivity contribution in [3.63, 3.8) is 0 Å². The molecule has 1 heterocycles. The van der Waals surface area contributed by atoms with E-state index in [4.69, 9.17) is 39.5 Å².